The molecule has 2 rings (SSSR count). The lowest BCUT2D eigenvalue weighted by molar-refractivity contribution is 0.385. The predicted octanol–water partition coefficient (Wildman–Crippen LogP) is 1.68. The SMILES string of the molecule is Cc1ncc(CNCC2(C)CCCN2)s1. The van der Waals surface area contributed by atoms with E-state index in [0.717, 1.165) is 24.6 Å². The van der Waals surface area contributed by atoms with E-state index in [-0.39, 0.29) is 0 Å². The summed E-state index contributed by atoms with van der Waals surface area (Å²) in [4.78, 5) is 5.58. The van der Waals surface area contributed by atoms with Gasteiger partial charge in [-0.15, -0.1) is 11.3 Å². The first-order chi connectivity index (χ1) is 7.18. The summed E-state index contributed by atoms with van der Waals surface area (Å²) in [5.74, 6) is 0. The van der Waals surface area contributed by atoms with Crippen molar-refractivity contribution >= 4 is 11.3 Å². The molecule has 1 atom stereocenters. The molecule has 0 radical (unpaired) electrons. The fourth-order valence-corrected chi connectivity index (χ4v) is 2.82. The normalized spacial score (nSPS) is 26.0. The highest BCUT2D eigenvalue weighted by atomic mass is 32.1. The minimum atomic E-state index is 0.305. The number of nitrogens with one attached hydrogen (secondary N) is 2. The van der Waals surface area contributed by atoms with Crippen molar-refractivity contribution in [3.8, 4) is 0 Å². The van der Waals surface area contributed by atoms with E-state index in [0.29, 0.717) is 5.54 Å². The van der Waals surface area contributed by atoms with Gasteiger partial charge in [-0.2, -0.15) is 0 Å². The van der Waals surface area contributed by atoms with E-state index < -0.39 is 0 Å². The van der Waals surface area contributed by atoms with Crippen LogP contribution in [0.5, 0.6) is 0 Å². The summed E-state index contributed by atoms with van der Waals surface area (Å²) in [5, 5.41) is 8.21. The van der Waals surface area contributed by atoms with Gasteiger partial charge in [-0.05, 0) is 33.2 Å². The van der Waals surface area contributed by atoms with Crippen LogP contribution >= 0.6 is 11.3 Å². The largest absolute Gasteiger partial charge is 0.310 e. The molecule has 0 aromatic carbocycles. The van der Waals surface area contributed by atoms with Crippen LogP contribution in [0.25, 0.3) is 0 Å². The average Bonchev–Trinajstić information content (AvgIpc) is 2.76. The molecule has 1 aromatic rings. The molecule has 3 nitrogen and oxygen atoms in total. The van der Waals surface area contributed by atoms with Crippen LogP contribution in [0.2, 0.25) is 0 Å². The van der Waals surface area contributed by atoms with E-state index in [1.165, 1.54) is 17.7 Å². The van der Waals surface area contributed by atoms with Gasteiger partial charge in [0, 0.05) is 29.7 Å². The smallest absolute Gasteiger partial charge is 0.0897 e. The molecule has 1 aliphatic heterocycles. The van der Waals surface area contributed by atoms with Gasteiger partial charge in [-0.25, -0.2) is 4.98 Å². The molecule has 1 aromatic heterocycles. The van der Waals surface area contributed by atoms with Crippen LogP contribution in [0.4, 0.5) is 0 Å². The van der Waals surface area contributed by atoms with E-state index in [2.05, 4.69) is 22.5 Å². The van der Waals surface area contributed by atoms with Gasteiger partial charge < -0.3 is 10.6 Å². The van der Waals surface area contributed by atoms with E-state index in [1.807, 2.05) is 13.1 Å². The second kappa shape index (κ2) is 4.60. The molecule has 1 aliphatic rings. The fourth-order valence-electron chi connectivity index (χ4n) is 2.06. The van der Waals surface area contributed by atoms with Crippen molar-refractivity contribution in [2.75, 3.05) is 13.1 Å². The van der Waals surface area contributed by atoms with E-state index in [1.54, 1.807) is 11.3 Å². The summed E-state index contributed by atoms with van der Waals surface area (Å²) in [7, 11) is 0. The zero-order valence-corrected chi connectivity index (χ0v) is 10.3. The Balaban J connectivity index is 1.75. The van der Waals surface area contributed by atoms with Gasteiger partial charge in [0.15, 0.2) is 0 Å². The second-order valence-corrected chi connectivity index (χ2v) is 5.86. The molecule has 84 valence electrons. The lowest BCUT2D eigenvalue weighted by atomic mass is 10.0. The number of nitrogens with zero attached hydrogens (tertiary/aromatic N) is 1. The van der Waals surface area contributed by atoms with Crippen molar-refractivity contribution in [2.45, 2.75) is 38.8 Å². The lowest BCUT2D eigenvalue weighted by Gasteiger charge is -2.24. The van der Waals surface area contributed by atoms with Crippen molar-refractivity contribution in [3.63, 3.8) is 0 Å². The molecule has 2 N–H and O–H groups in total. The van der Waals surface area contributed by atoms with E-state index in [4.69, 9.17) is 0 Å². The highest BCUT2D eigenvalue weighted by molar-refractivity contribution is 7.11. The van der Waals surface area contributed by atoms with Gasteiger partial charge in [0.05, 0.1) is 5.01 Å². The molecule has 1 fully saturated rings. The summed E-state index contributed by atoms with van der Waals surface area (Å²) < 4.78 is 0. The first kappa shape index (κ1) is 11.0. The maximum atomic E-state index is 4.25. The third kappa shape index (κ3) is 3.00. The fraction of sp³-hybridized carbons (Fsp3) is 0.727. The molecular weight excluding hydrogens is 206 g/mol. The van der Waals surface area contributed by atoms with Crippen LogP contribution in [0, 0.1) is 6.92 Å². The van der Waals surface area contributed by atoms with Crippen molar-refractivity contribution in [1.82, 2.24) is 15.6 Å². The molecule has 1 unspecified atom stereocenters. The third-order valence-electron chi connectivity index (χ3n) is 2.94. The van der Waals surface area contributed by atoms with Gasteiger partial charge >= 0.3 is 0 Å². The number of aryl methyl sites for hydroxylation is 1. The number of aromatic nitrogens is 1. The summed E-state index contributed by atoms with van der Waals surface area (Å²) in [6.45, 7) is 7.50. The molecule has 0 spiro atoms. The molecular formula is C11H19N3S. The first-order valence-electron chi connectivity index (χ1n) is 5.55. The number of rotatable bonds is 4. The van der Waals surface area contributed by atoms with Crippen LogP contribution in [0.1, 0.15) is 29.7 Å². The maximum absolute atomic E-state index is 4.25. The average molecular weight is 225 g/mol. The Labute approximate surface area is 95.3 Å². The van der Waals surface area contributed by atoms with Gasteiger partial charge in [-0.3, -0.25) is 0 Å². The van der Waals surface area contributed by atoms with Crippen molar-refractivity contribution in [2.24, 2.45) is 0 Å². The lowest BCUT2D eigenvalue weighted by Crippen LogP contribution is -2.45. The minimum absolute atomic E-state index is 0.305. The Kier molecular flexibility index (Phi) is 3.38. The predicted molar refractivity (Wildman–Crippen MR) is 64.2 cm³/mol. The molecule has 15 heavy (non-hydrogen) atoms. The van der Waals surface area contributed by atoms with Crippen molar-refractivity contribution in [3.05, 3.63) is 16.1 Å². The van der Waals surface area contributed by atoms with E-state index in [9.17, 15) is 0 Å². The Morgan fingerprint density at radius 2 is 2.53 bits per heavy atom. The molecule has 1 saturated heterocycles. The molecule has 4 heteroatoms. The molecule has 0 aliphatic carbocycles. The van der Waals surface area contributed by atoms with Crippen molar-refractivity contribution < 1.29 is 0 Å². The Morgan fingerprint density at radius 3 is 3.13 bits per heavy atom. The number of hydrogen-bond acceptors (Lipinski definition) is 4. The minimum Gasteiger partial charge on any atom is -0.310 e. The Hall–Kier alpha value is -0.450. The highest BCUT2D eigenvalue weighted by Gasteiger charge is 2.27. The quantitative estimate of drug-likeness (QED) is 0.818. The topological polar surface area (TPSA) is 37.0 Å². The molecule has 2 heterocycles. The van der Waals surface area contributed by atoms with Crippen LogP contribution < -0.4 is 10.6 Å². The second-order valence-electron chi connectivity index (χ2n) is 4.54. The summed E-state index contributed by atoms with van der Waals surface area (Å²) in [5.41, 5.74) is 0.305. The standard InChI is InChI=1S/C11H19N3S/c1-9-13-7-10(15-9)6-12-8-11(2)4-3-5-14-11/h7,12,14H,3-6,8H2,1-2H3. The van der Waals surface area contributed by atoms with Crippen LogP contribution in [-0.4, -0.2) is 23.6 Å². The third-order valence-corrected chi connectivity index (χ3v) is 3.85. The maximum Gasteiger partial charge on any atom is 0.0897 e. The van der Waals surface area contributed by atoms with Crippen LogP contribution in [0.3, 0.4) is 0 Å². The van der Waals surface area contributed by atoms with Gasteiger partial charge in [0.1, 0.15) is 0 Å². The number of hydrogen-bond donors (Lipinski definition) is 2. The highest BCUT2D eigenvalue weighted by Crippen LogP contribution is 2.17. The summed E-state index contributed by atoms with van der Waals surface area (Å²) >= 11 is 1.78. The van der Waals surface area contributed by atoms with Crippen LogP contribution in [-0.2, 0) is 6.54 Å². The Bertz CT molecular complexity index is 315. The Morgan fingerprint density at radius 1 is 1.67 bits per heavy atom. The molecule has 0 bridgehead atoms. The zero-order chi connectivity index (χ0) is 10.7. The number of thiazole rings is 1. The molecule has 0 saturated carbocycles. The van der Waals surface area contributed by atoms with Gasteiger partial charge in [0.2, 0.25) is 0 Å². The summed E-state index contributed by atoms with van der Waals surface area (Å²) in [6, 6.07) is 0. The molecule has 0 amide bonds. The first-order valence-corrected chi connectivity index (χ1v) is 6.37. The van der Waals surface area contributed by atoms with Gasteiger partial charge in [-0.1, -0.05) is 0 Å². The van der Waals surface area contributed by atoms with Crippen molar-refractivity contribution in [1.29, 1.82) is 0 Å². The van der Waals surface area contributed by atoms with Gasteiger partial charge in [0.25, 0.3) is 0 Å². The zero-order valence-electron chi connectivity index (χ0n) is 9.47. The van der Waals surface area contributed by atoms with Crippen LogP contribution in [0.15, 0.2) is 6.20 Å². The van der Waals surface area contributed by atoms with E-state index >= 15 is 0 Å². The summed E-state index contributed by atoms with van der Waals surface area (Å²) in [6.07, 6.45) is 4.55. The monoisotopic (exact) mass is 225 g/mol.